The molecule has 22 heavy (non-hydrogen) atoms. The molecule has 0 spiro atoms. The standard InChI is InChI=1S/C17H12N2O2S/c20-14(13-6-8-18-9-7-13)11-16-19-17(21)15(22-16)10-12-4-2-1-3-5-12/h1-11H,(H,19,21). The molecule has 2 aromatic heterocycles. The first-order valence-electron chi connectivity index (χ1n) is 6.64. The summed E-state index contributed by atoms with van der Waals surface area (Å²) in [5, 5.41) is 0. The van der Waals surface area contributed by atoms with E-state index in [9.17, 15) is 9.59 Å². The van der Waals surface area contributed by atoms with Crippen LogP contribution < -0.4 is 14.8 Å². The van der Waals surface area contributed by atoms with Gasteiger partial charge in [0.05, 0.1) is 9.20 Å². The molecule has 5 heteroatoms. The summed E-state index contributed by atoms with van der Waals surface area (Å²) < 4.78 is 1.11. The van der Waals surface area contributed by atoms with Crippen molar-refractivity contribution in [2.45, 2.75) is 0 Å². The number of thiazole rings is 1. The molecule has 0 aliphatic carbocycles. The third-order valence-corrected chi connectivity index (χ3v) is 3.97. The van der Waals surface area contributed by atoms with Crippen LogP contribution in [0.5, 0.6) is 0 Å². The number of nitrogens with one attached hydrogen (secondary N) is 1. The molecule has 1 N–H and O–H groups in total. The summed E-state index contributed by atoms with van der Waals surface area (Å²) in [6, 6.07) is 12.9. The molecule has 0 atom stereocenters. The van der Waals surface area contributed by atoms with Crippen LogP contribution in [0, 0.1) is 0 Å². The Morgan fingerprint density at radius 2 is 1.82 bits per heavy atom. The summed E-state index contributed by atoms with van der Waals surface area (Å²) in [6.45, 7) is 0. The van der Waals surface area contributed by atoms with Crippen molar-refractivity contribution in [1.29, 1.82) is 0 Å². The Morgan fingerprint density at radius 3 is 2.55 bits per heavy atom. The van der Waals surface area contributed by atoms with Gasteiger partial charge in [0.25, 0.3) is 5.56 Å². The summed E-state index contributed by atoms with van der Waals surface area (Å²) in [5.41, 5.74) is 1.29. The van der Waals surface area contributed by atoms with Gasteiger partial charge < -0.3 is 4.98 Å². The predicted molar refractivity (Wildman–Crippen MR) is 87.2 cm³/mol. The zero-order valence-electron chi connectivity index (χ0n) is 11.5. The average Bonchev–Trinajstić information content (AvgIpc) is 2.88. The van der Waals surface area contributed by atoms with E-state index in [0.717, 1.165) is 5.56 Å². The number of carbonyl (C=O) groups excluding carboxylic acids is 1. The van der Waals surface area contributed by atoms with Crippen molar-refractivity contribution in [3.8, 4) is 0 Å². The van der Waals surface area contributed by atoms with Gasteiger partial charge in [0, 0.05) is 24.0 Å². The number of pyridine rings is 1. The molecule has 108 valence electrons. The average molecular weight is 308 g/mol. The molecule has 4 nitrogen and oxygen atoms in total. The minimum absolute atomic E-state index is 0.161. The summed E-state index contributed by atoms with van der Waals surface area (Å²) in [5.74, 6) is -0.161. The molecule has 0 saturated carbocycles. The number of hydrogen-bond donors (Lipinski definition) is 1. The van der Waals surface area contributed by atoms with Crippen LogP contribution >= 0.6 is 11.3 Å². The summed E-state index contributed by atoms with van der Waals surface area (Å²) in [7, 11) is 0. The number of aromatic nitrogens is 2. The Morgan fingerprint density at radius 1 is 1.09 bits per heavy atom. The first-order chi connectivity index (χ1) is 10.7. The maximum absolute atomic E-state index is 12.1. The Labute approximate surface area is 130 Å². The quantitative estimate of drug-likeness (QED) is 0.742. The molecule has 0 amide bonds. The molecule has 0 aliphatic heterocycles. The Bertz CT molecular complexity index is 957. The smallest absolute Gasteiger partial charge is 0.266 e. The topological polar surface area (TPSA) is 62.8 Å². The van der Waals surface area contributed by atoms with Gasteiger partial charge in [-0.05, 0) is 23.8 Å². The van der Waals surface area contributed by atoms with Crippen molar-refractivity contribution < 1.29 is 4.79 Å². The van der Waals surface area contributed by atoms with Gasteiger partial charge in [0.1, 0.15) is 0 Å². The van der Waals surface area contributed by atoms with Crippen LogP contribution in [0.1, 0.15) is 15.9 Å². The number of Topliss-reactive ketones (excluding diaryl/α,β-unsaturated/α-hetero) is 1. The maximum Gasteiger partial charge on any atom is 0.266 e. The minimum atomic E-state index is -0.192. The summed E-state index contributed by atoms with van der Waals surface area (Å²) in [6.07, 6.45) is 6.36. The van der Waals surface area contributed by atoms with Gasteiger partial charge in [-0.2, -0.15) is 0 Å². The van der Waals surface area contributed by atoms with Crippen LogP contribution in [0.25, 0.3) is 12.2 Å². The van der Waals surface area contributed by atoms with Crippen molar-refractivity contribution in [3.05, 3.63) is 85.5 Å². The third-order valence-electron chi connectivity index (χ3n) is 3.00. The van der Waals surface area contributed by atoms with E-state index in [0.29, 0.717) is 14.8 Å². The van der Waals surface area contributed by atoms with Gasteiger partial charge in [-0.3, -0.25) is 14.6 Å². The fourth-order valence-corrected chi connectivity index (χ4v) is 2.83. The predicted octanol–water partition coefficient (Wildman–Crippen LogP) is 1.32. The first kappa shape index (κ1) is 14.2. The van der Waals surface area contributed by atoms with Crippen molar-refractivity contribution in [2.75, 3.05) is 0 Å². The monoisotopic (exact) mass is 308 g/mol. The molecular weight excluding hydrogens is 296 g/mol. The van der Waals surface area contributed by atoms with Gasteiger partial charge >= 0.3 is 0 Å². The normalized spacial score (nSPS) is 12.5. The van der Waals surface area contributed by atoms with E-state index in [2.05, 4.69) is 9.97 Å². The highest BCUT2D eigenvalue weighted by molar-refractivity contribution is 7.07. The summed E-state index contributed by atoms with van der Waals surface area (Å²) in [4.78, 5) is 30.6. The second-order valence-corrected chi connectivity index (χ2v) is 5.67. The lowest BCUT2D eigenvalue weighted by Gasteiger charge is -1.91. The van der Waals surface area contributed by atoms with E-state index in [1.807, 2.05) is 30.3 Å². The number of benzene rings is 1. The third kappa shape index (κ3) is 3.27. The van der Waals surface area contributed by atoms with Gasteiger partial charge in [-0.1, -0.05) is 30.3 Å². The number of hydrogen-bond acceptors (Lipinski definition) is 4. The van der Waals surface area contributed by atoms with Gasteiger partial charge in [0.15, 0.2) is 5.78 Å². The zero-order chi connectivity index (χ0) is 15.4. The Hall–Kier alpha value is -2.79. The van der Waals surface area contributed by atoms with Crippen LogP contribution in [0.4, 0.5) is 0 Å². The Balaban J connectivity index is 2.00. The number of H-pyrrole nitrogens is 1. The SMILES string of the molecule is O=C(C=c1[nH]c(=O)c(=Cc2ccccc2)s1)c1ccncc1. The van der Waals surface area contributed by atoms with Crippen LogP contribution in [-0.4, -0.2) is 15.8 Å². The molecule has 0 aliphatic rings. The molecule has 0 bridgehead atoms. The number of rotatable bonds is 3. The largest absolute Gasteiger partial charge is 0.313 e. The molecule has 0 saturated heterocycles. The fourth-order valence-electron chi connectivity index (χ4n) is 1.94. The van der Waals surface area contributed by atoms with E-state index in [-0.39, 0.29) is 11.3 Å². The molecule has 1 aromatic carbocycles. The highest BCUT2D eigenvalue weighted by Crippen LogP contribution is 1.99. The summed E-state index contributed by atoms with van der Waals surface area (Å²) >= 11 is 1.26. The van der Waals surface area contributed by atoms with Gasteiger partial charge in [-0.25, -0.2) is 0 Å². The van der Waals surface area contributed by atoms with Crippen molar-refractivity contribution >= 4 is 29.3 Å². The maximum atomic E-state index is 12.1. The lowest BCUT2D eigenvalue weighted by Crippen LogP contribution is -2.19. The highest BCUT2D eigenvalue weighted by Gasteiger charge is 2.02. The van der Waals surface area contributed by atoms with Gasteiger partial charge in [-0.15, -0.1) is 11.3 Å². The molecule has 3 aromatic rings. The number of carbonyl (C=O) groups is 1. The fraction of sp³-hybridized carbons (Fsp3) is 0. The molecular formula is C17H12N2O2S. The molecule has 2 heterocycles. The number of ketones is 1. The molecule has 0 fully saturated rings. The van der Waals surface area contributed by atoms with Crippen molar-refractivity contribution in [3.63, 3.8) is 0 Å². The lowest BCUT2D eigenvalue weighted by molar-refractivity contribution is 0.106. The highest BCUT2D eigenvalue weighted by atomic mass is 32.1. The van der Waals surface area contributed by atoms with E-state index in [1.165, 1.54) is 17.4 Å². The minimum Gasteiger partial charge on any atom is -0.313 e. The second kappa shape index (κ2) is 6.32. The van der Waals surface area contributed by atoms with Crippen LogP contribution in [0.2, 0.25) is 0 Å². The van der Waals surface area contributed by atoms with Crippen LogP contribution in [0.3, 0.4) is 0 Å². The number of nitrogens with zero attached hydrogens (tertiary/aromatic N) is 1. The first-order valence-corrected chi connectivity index (χ1v) is 7.46. The molecule has 3 rings (SSSR count). The lowest BCUT2D eigenvalue weighted by atomic mass is 10.2. The zero-order valence-corrected chi connectivity index (χ0v) is 12.3. The molecule has 0 unspecified atom stereocenters. The van der Waals surface area contributed by atoms with Gasteiger partial charge in [0.2, 0.25) is 0 Å². The second-order valence-electron chi connectivity index (χ2n) is 4.58. The van der Waals surface area contributed by atoms with Crippen LogP contribution in [0.15, 0.2) is 59.7 Å². The van der Waals surface area contributed by atoms with Crippen LogP contribution in [-0.2, 0) is 0 Å². The van der Waals surface area contributed by atoms with E-state index < -0.39 is 0 Å². The van der Waals surface area contributed by atoms with Crippen molar-refractivity contribution in [2.24, 2.45) is 0 Å². The number of aromatic amines is 1. The Kier molecular flexibility index (Phi) is 4.07. The van der Waals surface area contributed by atoms with E-state index in [4.69, 9.17) is 0 Å². The van der Waals surface area contributed by atoms with Crippen molar-refractivity contribution in [1.82, 2.24) is 9.97 Å². The van der Waals surface area contributed by atoms with E-state index in [1.54, 1.807) is 30.6 Å². The van der Waals surface area contributed by atoms with E-state index >= 15 is 0 Å². The molecule has 0 radical (unpaired) electrons.